The minimum absolute atomic E-state index is 0.0699. The molecule has 2 aromatic carbocycles. The molecule has 8 nitrogen and oxygen atoms in total. The average Bonchev–Trinajstić information content (AvgIpc) is 3.37. The molecule has 5 aromatic rings. The van der Waals surface area contributed by atoms with Crippen molar-refractivity contribution in [2.24, 2.45) is 5.73 Å². The molecule has 7 rings (SSSR count). The van der Waals surface area contributed by atoms with Crippen molar-refractivity contribution in [2.75, 3.05) is 5.32 Å². The van der Waals surface area contributed by atoms with E-state index in [4.69, 9.17) is 5.73 Å². The monoisotopic (exact) mass is 501 g/mol. The molecule has 1 atom stereocenters. The van der Waals surface area contributed by atoms with E-state index in [1.165, 1.54) is 0 Å². The Labute approximate surface area is 219 Å². The first kappa shape index (κ1) is 22.8. The van der Waals surface area contributed by atoms with Crippen LogP contribution in [0, 0.1) is 0 Å². The molecule has 0 saturated heterocycles. The van der Waals surface area contributed by atoms with Crippen molar-refractivity contribution in [2.45, 2.75) is 36.9 Å². The maximum absolute atomic E-state index is 10.2. The topological polar surface area (TPSA) is 114 Å². The molecule has 1 aliphatic carbocycles. The number of aromatic nitrogens is 5. The van der Waals surface area contributed by atoms with E-state index in [0.29, 0.717) is 24.5 Å². The van der Waals surface area contributed by atoms with Gasteiger partial charge in [-0.2, -0.15) is 0 Å². The van der Waals surface area contributed by atoms with Crippen LogP contribution in [0.15, 0.2) is 85.3 Å². The molecule has 0 radical (unpaired) electrons. The molecule has 4 N–H and O–H groups in total. The number of hydrogen-bond donors (Lipinski definition) is 3. The minimum atomic E-state index is -0.690. The molecule has 38 heavy (non-hydrogen) atoms. The maximum Gasteiger partial charge on any atom is 0.206 e. The Bertz CT molecular complexity index is 1670. The molecule has 0 amide bonds. The number of anilines is 1. The minimum Gasteiger partial charge on any atom is -0.390 e. The van der Waals surface area contributed by atoms with E-state index >= 15 is 0 Å². The molecular formula is C30H27N7O. The highest BCUT2D eigenvalue weighted by molar-refractivity contribution is 5.96. The van der Waals surface area contributed by atoms with Gasteiger partial charge in [-0.05, 0) is 60.2 Å². The first-order valence-electron chi connectivity index (χ1n) is 12.7. The third-order valence-electron chi connectivity index (χ3n) is 7.61. The molecule has 3 aromatic heterocycles. The fraction of sp³-hybridized carbons (Fsp3) is 0.200. The molecule has 0 spiro atoms. The van der Waals surface area contributed by atoms with Gasteiger partial charge in [-0.15, -0.1) is 10.2 Å². The summed E-state index contributed by atoms with van der Waals surface area (Å²) in [6, 6.07) is 22.6. The van der Waals surface area contributed by atoms with E-state index < -0.39 is 11.1 Å². The number of aliphatic hydroxyl groups is 1. The average molecular weight is 502 g/mol. The second-order valence-electron chi connectivity index (χ2n) is 10.6. The van der Waals surface area contributed by atoms with Crippen molar-refractivity contribution >= 4 is 23.0 Å². The Kier molecular flexibility index (Phi) is 4.98. The maximum atomic E-state index is 10.2. The van der Waals surface area contributed by atoms with Crippen LogP contribution in [0.3, 0.4) is 0 Å². The highest BCUT2D eigenvalue weighted by Gasteiger charge is 2.49. The lowest BCUT2D eigenvalue weighted by Crippen LogP contribution is -2.58. The lowest BCUT2D eigenvalue weighted by atomic mass is 9.63. The van der Waals surface area contributed by atoms with Crippen molar-refractivity contribution in [3.8, 4) is 11.6 Å². The number of nitrogens with two attached hydrogens (primary N) is 1. The van der Waals surface area contributed by atoms with Crippen molar-refractivity contribution in [3.63, 3.8) is 0 Å². The summed E-state index contributed by atoms with van der Waals surface area (Å²) in [6.45, 7) is 1.84. The van der Waals surface area contributed by atoms with Crippen molar-refractivity contribution < 1.29 is 5.11 Å². The smallest absolute Gasteiger partial charge is 0.206 e. The van der Waals surface area contributed by atoms with Gasteiger partial charge >= 0.3 is 0 Å². The van der Waals surface area contributed by atoms with Gasteiger partial charge in [0, 0.05) is 35.4 Å². The van der Waals surface area contributed by atoms with Gasteiger partial charge in [-0.25, -0.2) is 9.97 Å². The number of benzene rings is 2. The van der Waals surface area contributed by atoms with Gasteiger partial charge in [0.05, 0.1) is 11.6 Å². The summed E-state index contributed by atoms with van der Waals surface area (Å²) in [4.78, 5) is 8.70. The van der Waals surface area contributed by atoms with Gasteiger partial charge in [-0.1, -0.05) is 54.6 Å². The Morgan fingerprint density at radius 2 is 1.68 bits per heavy atom. The molecule has 4 heterocycles. The fourth-order valence-corrected chi connectivity index (χ4v) is 5.95. The summed E-state index contributed by atoms with van der Waals surface area (Å²) in [7, 11) is 0. The van der Waals surface area contributed by atoms with Crippen molar-refractivity contribution in [1.82, 2.24) is 24.6 Å². The van der Waals surface area contributed by atoms with Crippen molar-refractivity contribution in [1.29, 1.82) is 0 Å². The fourth-order valence-electron chi connectivity index (χ4n) is 5.95. The van der Waals surface area contributed by atoms with Gasteiger partial charge in [0.1, 0.15) is 0 Å². The van der Waals surface area contributed by atoms with Crippen LogP contribution in [0.5, 0.6) is 0 Å². The van der Waals surface area contributed by atoms with Gasteiger partial charge in [-0.3, -0.25) is 4.40 Å². The van der Waals surface area contributed by atoms with Crippen LogP contribution in [0.1, 0.15) is 48.1 Å². The predicted octanol–water partition coefficient (Wildman–Crippen LogP) is 4.59. The summed E-state index contributed by atoms with van der Waals surface area (Å²) in [5.74, 6) is 1.13. The van der Waals surface area contributed by atoms with Crippen LogP contribution in [0.4, 0.5) is 5.69 Å². The summed E-state index contributed by atoms with van der Waals surface area (Å²) >= 11 is 0. The third-order valence-corrected chi connectivity index (χ3v) is 7.61. The normalized spacial score (nSPS) is 24.3. The number of fused-ring (bicyclic) bond motifs is 3. The van der Waals surface area contributed by atoms with Crippen LogP contribution in [-0.4, -0.2) is 35.3 Å². The zero-order valence-electron chi connectivity index (χ0n) is 20.9. The number of hydrogen-bond acceptors (Lipinski definition) is 7. The zero-order valence-corrected chi connectivity index (χ0v) is 20.9. The third kappa shape index (κ3) is 3.69. The van der Waals surface area contributed by atoms with Crippen LogP contribution < -0.4 is 11.1 Å². The first-order valence-corrected chi connectivity index (χ1v) is 12.7. The molecule has 0 bridgehead atoms. The highest BCUT2D eigenvalue weighted by atomic mass is 16.3. The first-order chi connectivity index (χ1) is 18.4. The number of nitrogens with zero attached hydrogens (tertiary/aromatic N) is 5. The molecular weight excluding hydrogens is 474 g/mol. The van der Waals surface area contributed by atoms with E-state index in [1.54, 1.807) is 18.5 Å². The van der Waals surface area contributed by atoms with E-state index in [-0.39, 0.29) is 6.04 Å². The van der Waals surface area contributed by atoms with Gasteiger partial charge in [0.15, 0.2) is 11.5 Å². The Hall–Kier alpha value is -4.40. The molecule has 2 aliphatic rings. The van der Waals surface area contributed by atoms with E-state index in [2.05, 4.69) is 80.1 Å². The number of rotatable bonds is 4. The molecule has 1 fully saturated rings. The predicted molar refractivity (Wildman–Crippen MR) is 147 cm³/mol. The SMILES string of the molecule is CC1(O)CC(N)(c2ccc(C3Nc4ccn5c(-c6ncccn6)nnc5c4C=C3c3ccccc3)cc2)C1. The standard InChI is InChI=1S/C30H27N7O/c1-29(38)17-30(31,18-29)21-10-8-20(9-11-21)25-22(19-6-3-2-4-7-19)16-23-24(34-25)12-15-37-27(23)35-36-28(37)26-32-13-5-14-33-26/h2-16,25,34,38H,17-18,31H2,1H3. The van der Waals surface area contributed by atoms with Gasteiger partial charge in [0.25, 0.3) is 0 Å². The zero-order chi connectivity index (χ0) is 25.9. The van der Waals surface area contributed by atoms with E-state index in [0.717, 1.165) is 39.2 Å². The summed E-state index contributed by atoms with van der Waals surface area (Å²) in [5, 5.41) is 22.9. The second kappa shape index (κ2) is 8.31. The Morgan fingerprint density at radius 3 is 2.39 bits per heavy atom. The van der Waals surface area contributed by atoms with E-state index in [1.807, 2.05) is 29.7 Å². The van der Waals surface area contributed by atoms with Gasteiger partial charge < -0.3 is 16.2 Å². The summed E-state index contributed by atoms with van der Waals surface area (Å²) < 4.78 is 1.93. The number of pyridine rings is 1. The molecule has 1 unspecified atom stereocenters. The Balaban J connectivity index is 1.31. The number of nitrogens with one attached hydrogen (secondary N) is 1. The Morgan fingerprint density at radius 1 is 0.947 bits per heavy atom. The highest BCUT2D eigenvalue weighted by Crippen LogP contribution is 2.47. The van der Waals surface area contributed by atoms with Crippen LogP contribution in [-0.2, 0) is 5.54 Å². The molecule has 1 saturated carbocycles. The van der Waals surface area contributed by atoms with Crippen LogP contribution >= 0.6 is 0 Å². The van der Waals surface area contributed by atoms with Crippen molar-refractivity contribution in [3.05, 3.63) is 108 Å². The quantitative estimate of drug-likeness (QED) is 0.330. The second-order valence-corrected chi connectivity index (χ2v) is 10.6. The lowest BCUT2D eigenvalue weighted by molar-refractivity contribution is -0.0738. The molecule has 188 valence electrons. The lowest BCUT2D eigenvalue weighted by Gasteiger charge is -2.49. The van der Waals surface area contributed by atoms with Gasteiger partial charge in [0.2, 0.25) is 5.82 Å². The molecule has 1 aliphatic heterocycles. The van der Waals surface area contributed by atoms with Crippen LogP contribution in [0.2, 0.25) is 0 Å². The van der Waals surface area contributed by atoms with Crippen LogP contribution in [0.25, 0.3) is 28.9 Å². The van der Waals surface area contributed by atoms with E-state index in [9.17, 15) is 5.11 Å². The largest absolute Gasteiger partial charge is 0.390 e. The summed E-state index contributed by atoms with van der Waals surface area (Å²) in [5.41, 5.74) is 12.5. The summed E-state index contributed by atoms with van der Waals surface area (Å²) in [6.07, 6.45) is 8.68. The molecule has 8 heteroatoms.